The van der Waals surface area contributed by atoms with Crippen molar-refractivity contribution in [2.45, 2.75) is 13.5 Å². The van der Waals surface area contributed by atoms with Gasteiger partial charge in [-0.15, -0.1) is 0 Å². The largest absolute Gasteiger partial charge is 0.383 e. The lowest BCUT2D eigenvalue weighted by Gasteiger charge is -2.06. The first kappa shape index (κ1) is 22.6. The van der Waals surface area contributed by atoms with Gasteiger partial charge in [0.2, 0.25) is 0 Å². The van der Waals surface area contributed by atoms with Crippen LogP contribution in [0.15, 0.2) is 73.2 Å². The highest BCUT2D eigenvalue weighted by molar-refractivity contribution is 6.04. The molecule has 0 unspecified atom stereocenters. The number of nitrogen functional groups attached to an aromatic ring is 1. The van der Waals surface area contributed by atoms with Gasteiger partial charge in [0.25, 0.3) is 11.6 Å². The molecule has 0 radical (unpaired) electrons. The number of rotatable bonds is 6. The number of fused-ring (bicyclic) bond motifs is 1. The van der Waals surface area contributed by atoms with Gasteiger partial charge in [-0.25, -0.2) is 19.6 Å². The third-order valence-corrected chi connectivity index (χ3v) is 5.62. The predicted octanol–water partition coefficient (Wildman–Crippen LogP) is 3.99. The number of carbonyl (C=O) groups excluding carboxylic acids is 1. The van der Waals surface area contributed by atoms with E-state index in [0.29, 0.717) is 34.7 Å². The Morgan fingerprint density at radius 2 is 1.81 bits per heavy atom. The van der Waals surface area contributed by atoms with E-state index in [1.54, 1.807) is 53.3 Å². The summed E-state index contributed by atoms with van der Waals surface area (Å²) in [6.45, 7) is 2.25. The van der Waals surface area contributed by atoms with E-state index >= 15 is 0 Å². The van der Waals surface area contributed by atoms with Crippen molar-refractivity contribution >= 4 is 34.3 Å². The van der Waals surface area contributed by atoms with Crippen molar-refractivity contribution in [2.24, 2.45) is 0 Å². The van der Waals surface area contributed by atoms with Crippen molar-refractivity contribution in [2.75, 3.05) is 11.1 Å². The Morgan fingerprint density at radius 1 is 1.06 bits per heavy atom. The summed E-state index contributed by atoms with van der Waals surface area (Å²) in [5.41, 5.74) is 10.3. The highest BCUT2D eigenvalue weighted by atomic mass is 16.6. The molecule has 0 spiro atoms. The van der Waals surface area contributed by atoms with Gasteiger partial charge >= 0.3 is 0 Å². The number of aromatic nitrogens is 5. The number of non-ortho nitro benzene ring substituents is 1. The summed E-state index contributed by atoms with van der Waals surface area (Å²) in [7, 11) is 0. The second kappa shape index (κ2) is 9.22. The Balaban J connectivity index is 1.45. The highest BCUT2D eigenvalue weighted by Gasteiger charge is 2.18. The lowest BCUT2D eigenvalue weighted by Crippen LogP contribution is -2.12. The van der Waals surface area contributed by atoms with Crippen LogP contribution in [0.5, 0.6) is 0 Å². The number of aryl methyl sites for hydroxylation is 1. The van der Waals surface area contributed by atoms with E-state index in [4.69, 9.17) is 10.8 Å². The minimum atomic E-state index is -0.444. The van der Waals surface area contributed by atoms with Gasteiger partial charge in [0.1, 0.15) is 23.7 Å². The predicted molar refractivity (Wildman–Crippen MR) is 134 cm³/mol. The van der Waals surface area contributed by atoms with E-state index in [1.807, 2.05) is 13.0 Å². The van der Waals surface area contributed by atoms with Gasteiger partial charge in [0.15, 0.2) is 5.65 Å². The van der Waals surface area contributed by atoms with Gasteiger partial charge in [-0.3, -0.25) is 14.9 Å². The number of hydrogen-bond acceptors (Lipinski definition) is 8. The number of benzene rings is 2. The molecule has 5 aromatic rings. The van der Waals surface area contributed by atoms with Crippen LogP contribution in [-0.2, 0) is 6.54 Å². The second-order valence-corrected chi connectivity index (χ2v) is 8.14. The molecule has 5 rings (SSSR count). The van der Waals surface area contributed by atoms with Gasteiger partial charge in [-0.1, -0.05) is 24.3 Å². The molecule has 3 N–H and O–H groups in total. The van der Waals surface area contributed by atoms with Gasteiger partial charge in [-0.05, 0) is 42.3 Å². The summed E-state index contributed by atoms with van der Waals surface area (Å²) in [5.74, 6) is 0.471. The van der Waals surface area contributed by atoms with Crippen molar-refractivity contribution < 1.29 is 9.72 Å². The van der Waals surface area contributed by atoms with E-state index in [2.05, 4.69) is 20.3 Å². The number of nitrogens with two attached hydrogens (primary N) is 1. The Bertz CT molecular complexity index is 1590. The molecule has 11 heteroatoms. The average molecular weight is 480 g/mol. The maximum Gasteiger partial charge on any atom is 0.269 e. The smallest absolute Gasteiger partial charge is 0.269 e. The van der Waals surface area contributed by atoms with E-state index in [0.717, 1.165) is 16.7 Å². The standard InChI is InChI=1S/C25H20N8O3/c1-15-10-11-27-20(12-15)30-25(34)18-6-4-17(5-7-18)22-21-23(26)28-14-29-24(21)32(31-22)13-16-2-8-19(9-3-16)33(35)36/h2-12,14H,13H2,1H3,(H2,26,28,29)(H,27,30,34). The monoisotopic (exact) mass is 480 g/mol. The fraction of sp³-hybridized carbons (Fsp3) is 0.0800. The van der Waals surface area contributed by atoms with Crippen molar-refractivity contribution in [3.63, 3.8) is 0 Å². The minimum absolute atomic E-state index is 0.0126. The number of pyridine rings is 1. The van der Waals surface area contributed by atoms with Crippen LogP contribution >= 0.6 is 0 Å². The van der Waals surface area contributed by atoms with E-state index in [1.165, 1.54) is 18.5 Å². The van der Waals surface area contributed by atoms with Crippen LogP contribution in [0.3, 0.4) is 0 Å². The molecule has 0 aliphatic carbocycles. The molecule has 0 bridgehead atoms. The zero-order chi connectivity index (χ0) is 25.2. The first-order valence-corrected chi connectivity index (χ1v) is 10.9. The molecule has 178 valence electrons. The lowest BCUT2D eigenvalue weighted by molar-refractivity contribution is -0.384. The van der Waals surface area contributed by atoms with Gasteiger partial charge in [0, 0.05) is 29.5 Å². The molecule has 3 aromatic heterocycles. The molecular weight excluding hydrogens is 460 g/mol. The fourth-order valence-electron chi connectivity index (χ4n) is 3.81. The number of anilines is 2. The fourth-order valence-corrected chi connectivity index (χ4v) is 3.81. The van der Waals surface area contributed by atoms with Crippen LogP contribution < -0.4 is 11.1 Å². The zero-order valence-corrected chi connectivity index (χ0v) is 19.1. The Kier molecular flexibility index (Phi) is 5.79. The number of nitro groups is 1. The number of nitrogens with zero attached hydrogens (tertiary/aromatic N) is 6. The van der Waals surface area contributed by atoms with Crippen LogP contribution in [0, 0.1) is 17.0 Å². The van der Waals surface area contributed by atoms with Crippen molar-refractivity contribution in [1.29, 1.82) is 0 Å². The summed E-state index contributed by atoms with van der Waals surface area (Å²) in [6.07, 6.45) is 3.00. The summed E-state index contributed by atoms with van der Waals surface area (Å²) in [6, 6.07) is 16.8. The van der Waals surface area contributed by atoms with Crippen LogP contribution in [-0.4, -0.2) is 35.6 Å². The maximum atomic E-state index is 12.7. The SMILES string of the molecule is Cc1ccnc(NC(=O)c2ccc(-c3nn(Cc4ccc([N+](=O)[O-])cc4)c4ncnc(N)c34)cc2)c1. The Labute approximate surface area is 204 Å². The molecule has 1 amide bonds. The topological polar surface area (TPSA) is 155 Å². The van der Waals surface area contributed by atoms with Gasteiger partial charge in [-0.2, -0.15) is 5.10 Å². The number of amides is 1. The molecule has 11 nitrogen and oxygen atoms in total. The number of hydrogen-bond donors (Lipinski definition) is 2. The number of carbonyl (C=O) groups is 1. The number of nitro benzene ring substituents is 1. The lowest BCUT2D eigenvalue weighted by atomic mass is 10.1. The average Bonchev–Trinajstić information content (AvgIpc) is 3.24. The molecule has 0 aliphatic rings. The molecule has 36 heavy (non-hydrogen) atoms. The first-order chi connectivity index (χ1) is 17.4. The van der Waals surface area contributed by atoms with E-state index in [9.17, 15) is 14.9 Å². The van der Waals surface area contributed by atoms with Crippen LogP contribution in [0.4, 0.5) is 17.3 Å². The Morgan fingerprint density at radius 3 is 2.50 bits per heavy atom. The van der Waals surface area contributed by atoms with E-state index in [-0.39, 0.29) is 17.4 Å². The van der Waals surface area contributed by atoms with Crippen molar-refractivity contribution in [1.82, 2.24) is 24.7 Å². The Hall–Kier alpha value is -5.19. The molecule has 2 aromatic carbocycles. The first-order valence-electron chi connectivity index (χ1n) is 10.9. The third-order valence-electron chi connectivity index (χ3n) is 5.62. The third kappa shape index (κ3) is 4.44. The number of nitrogens with one attached hydrogen (secondary N) is 1. The van der Waals surface area contributed by atoms with Crippen LogP contribution in [0.2, 0.25) is 0 Å². The molecule has 0 aliphatic heterocycles. The quantitative estimate of drug-likeness (QED) is 0.273. The zero-order valence-electron chi connectivity index (χ0n) is 19.1. The van der Waals surface area contributed by atoms with Gasteiger partial charge in [0.05, 0.1) is 16.9 Å². The maximum absolute atomic E-state index is 12.7. The molecule has 0 saturated heterocycles. The summed E-state index contributed by atoms with van der Waals surface area (Å²) in [4.78, 5) is 35.8. The molecule has 0 atom stereocenters. The molecular formula is C25H20N8O3. The van der Waals surface area contributed by atoms with E-state index < -0.39 is 4.92 Å². The highest BCUT2D eigenvalue weighted by Crippen LogP contribution is 2.31. The molecule has 3 heterocycles. The van der Waals surface area contributed by atoms with Crippen LogP contribution in [0.1, 0.15) is 21.5 Å². The second-order valence-electron chi connectivity index (χ2n) is 8.14. The van der Waals surface area contributed by atoms with Crippen LogP contribution in [0.25, 0.3) is 22.3 Å². The van der Waals surface area contributed by atoms with Crippen molar-refractivity contribution in [3.05, 3.63) is 100.0 Å². The minimum Gasteiger partial charge on any atom is -0.383 e. The van der Waals surface area contributed by atoms with Crippen molar-refractivity contribution in [3.8, 4) is 11.3 Å². The summed E-state index contributed by atoms with van der Waals surface area (Å²) < 4.78 is 1.67. The summed E-state index contributed by atoms with van der Waals surface area (Å²) >= 11 is 0. The molecule has 0 fully saturated rings. The normalized spacial score (nSPS) is 10.9. The van der Waals surface area contributed by atoms with Gasteiger partial charge < -0.3 is 11.1 Å². The molecule has 0 saturated carbocycles. The summed E-state index contributed by atoms with van der Waals surface area (Å²) in [5, 5.41) is 19.0.